The fraction of sp³-hybridized carbons (Fsp3) is 0.333. The van der Waals surface area contributed by atoms with Crippen LogP contribution in [0.2, 0.25) is 0 Å². The monoisotopic (exact) mass is 178 g/mol. The highest BCUT2D eigenvalue weighted by molar-refractivity contribution is 5.55. The molecule has 0 bridgehead atoms. The first kappa shape index (κ1) is 9.33. The van der Waals surface area contributed by atoms with Gasteiger partial charge in [-0.25, -0.2) is 4.85 Å². The van der Waals surface area contributed by atoms with Gasteiger partial charge in [-0.2, -0.15) is 0 Å². The molecule has 0 radical (unpaired) electrons. The Balaban J connectivity index is 3.80. The van der Waals surface area contributed by atoms with Crippen molar-refractivity contribution in [2.45, 2.75) is 13.8 Å². The molecule has 0 atom stereocenters. The van der Waals surface area contributed by atoms with E-state index in [1.807, 2.05) is 0 Å². The molecule has 0 fully saturated rings. The average Bonchev–Trinajstić information content (AvgIpc) is 2.13. The van der Waals surface area contributed by atoms with Crippen LogP contribution in [0.4, 0.5) is 5.69 Å². The van der Waals surface area contributed by atoms with E-state index in [0.717, 1.165) is 4.57 Å². The molecule has 1 N–H and O–H groups in total. The molecule has 0 aliphatic rings. The third-order valence-corrected chi connectivity index (χ3v) is 2.19. The molecule has 0 saturated carbocycles. The SMILES string of the molecule is [C-]#[N+]c1c(C)c(C)c(O)n(C)c1=O. The van der Waals surface area contributed by atoms with E-state index in [1.165, 1.54) is 7.05 Å². The highest BCUT2D eigenvalue weighted by atomic mass is 16.3. The number of nitrogens with zero attached hydrogens (tertiary/aromatic N) is 2. The molecule has 1 rings (SSSR count). The van der Waals surface area contributed by atoms with Gasteiger partial charge in [-0.1, -0.05) is 0 Å². The number of pyridine rings is 1. The summed E-state index contributed by atoms with van der Waals surface area (Å²) in [4.78, 5) is 14.5. The zero-order valence-corrected chi connectivity index (χ0v) is 7.75. The fourth-order valence-electron chi connectivity index (χ4n) is 1.14. The van der Waals surface area contributed by atoms with Gasteiger partial charge < -0.3 is 5.11 Å². The van der Waals surface area contributed by atoms with Crippen LogP contribution in [0.15, 0.2) is 4.79 Å². The number of hydrogen-bond acceptors (Lipinski definition) is 2. The van der Waals surface area contributed by atoms with E-state index >= 15 is 0 Å². The highest BCUT2D eigenvalue weighted by Crippen LogP contribution is 2.23. The van der Waals surface area contributed by atoms with Crippen LogP contribution in [-0.2, 0) is 7.05 Å². The zero-order valence-electron chi connectivity index (χ0n) is 7.75. The van der Waals surface area contributed by atoms with Crippen molar-refractivity contribution in [1.29, 1.82) is 0 Å². The van der Waals surface area contributed by atoms with Crippen molar-refractivity contribution in [3.05, 3.63) is 32.9 Å². The zero-order chi connectivity index (χ0) is 10.2. The second-order valence-corrected chi connectivity index (χ2v) is 2.90. The Morgan fingerprint density at radius 3 is 2.38 bits per heavy atom. The van der Waals surface area contributed by atoms with Crippen LogP contribution in [0.25, 0.3) is 4.85 Å². The maximum absolute atomic E-state index is 11.4. The van der Waals surface area contributed by atoms with Crippen molar-refractivity contribution in [2.75, 3.05) is 0 Å². The van der Waals surface area contributed by atoms with E-state index in [1.54, 1.807) is 13.8 Å². The maximum Gasteiger partial charge on any atom is 0.259 e. The highest BCUT2D eigenvalue weighted by Gasteiger charge is 2.13. The first-order chi connectivity index (χ1) is 6.00. The van der Waals surface area contributed by atoms with Gasteiger partial charge in [0.1, 0.15) is 0 Å². The van der Waals surface area contributed by atoms with Crippen molar-refractivity contribution in [1.82, 2.24) is 4.57 Å². The first-order valence-electron chi connectivity index (χ1n) is 3.77. The van der Waals surface area contributed by atoms with Crippen LogP contribution < -0.4 is 5.56 Å². The molecule has 0 aromatic carbocycles. The van der Waals surface area contributed by atoms with Crippen LogP contribution >= 0.6 is 0 Å². The molecule has 0 saturated heterocycles. The van der Waals surface area contributed by atoms with Gasteiger partial charge >= 0.3 is 0 Å². The first-order valence-corrected chi connectivity index (χ1v) is 3.77. The number of aromatic hydroxyl groups is 1. The second kappa shape index (κ2) is 2.94. The third kappa shape index (κ3) is 1.18. The number of hydrogen-bond donors (Lipinski definition) is 1. The minimum atomic E-state index is -0.449. The molecular formula is C9H10N2O2. The Morgan fingerprint density at radius 1 is 1.38 bits per heavy atom. The Kier molecular flexibility index (Phi) is 2.11. The van der Waals surface area contributed by atoms with Crippen LogP contribution in [0.5, 0.6) is 5.88 Å². The third-order valence-electron chi connectivity index (χ3n) is 2.19. The molecule has 0 spiro atoms. The molecule has 0 aliphatic heterocycles. The lowest BCUT2D eigenvalue weighted by Gasteiger charge is -2.09. The molecule has 0 amide bonds. The van der Waals surface area contributed by atoms with E-state index < -0.39 is 5.56 Å². The average molecular weight is 178 g/mol. The summed E-state index contributed by atoms with van der Waals surface area (Å²) in [5.74, 6) is -0.0742. The van der Waals surface area contributed by atoms with Crippen molar-refractivity contribution in [3.8, 4) is 5.88 Å². The second-order valence-electron chi connectivity index (χ2n) is 2.90. The quantitative estimate of drug-likeness (QED) is 0.608. The van der Waals surface area contributed by atoms with Crippen molar-refractivity contribution in [2.24, 2.45) is 7.05 Å². The molecular weight excluding hydrogens is 168 g/mol. The fourth-order valence-corrected chi connectivity index (χ4v) is 1.14. The summed E-state index contributed by atoms with van der Waals surface area (Å²) >= 11 is 0. The summed E-state index contributed by atoms with van der Waals surface area (Å²) < 4.78 is 1.08. The normalized spacial score (nSPS) is 9.69. The Morgan fingerprint density at radius 2 is 1.92 bits per heavy atom. The van der Waals surface area contributed by atoms with E-state index in [-0.39, 0.29) is 11.6 Å². The Labute approximate surface area is 75.9 Å². The molecule has 68 valence electrons. The minimum Gasteiger partial charge on any atom is -0.494 e. The molecule has 0 aliphatic carbocycles. The van der Waals surface area contributed by atoms with Crippen LogP contribution in [0.1, 0.15) is 11.1 Å². The predicted molar refractivity (Wildman–Crippen MR) is 49.1 cm³/mol. The molecule has 1 aromatic heterocycles. The summed E-state index contributed by atoms with van der Waals surface area (Å²) in [7, 11) is 1.44. The lowest BCUT2D eigenvalue weighted by Crippen LogP contribution is -2.17. The predicted octanol–water partition coefficient (Wildman–Crippen LogP) is 1.26. The Bertz CT molecular complexity index is 452. The lowest BCUT2D eigenvalue weighted by molar-refractivity contribution is 0.418. The molecule has 1 heterocycles. The number of aromatic nitrogens is 1. The van der Waals surface area contributed by atoms with E-state index in [0.29, 0.717) is 11.1 Å². The molecule has 4 nitrogen and oxygen atoms in total. The van der Waals surface area contributed by atoms with Gasteiger partial charge in [-0.3, -0.25) is 9.36 Å². The molecule has 13 heavy (non-hydrogen) atoms. The summed E-state index contributed by atoms with van der Waals surface area (Å²) in [6, 6.07) is 0. The van der Waals surface area contributed by atoms with Gasteiger partial charge in [0.25, 0.3) is 11.2 Å². The topological polar surface area (TPSA) is 46.6 Å². The summed E-state index contributed by atoms with van der Waals surface area (Å²) in [5.41, 5.74) is 0.761. The van der Waals surface area contributed by atoms with E-state index in [9.17, 15) is 9.90 Å². The van der Waals surface area contributed by atoms with Crippen LogP contribution in [0, 0.1) is 20.4 Å². The smallest absolute Gasteiger partial charge is 0.259 e. The van der Waals surface area contributed by atoms with E-state index in [4.69, 9.17) is 6.57 Å². The maximum atomic E-state index is 11.4. The van der Waals surface area contributed by atoms with Gasteiger partial charge in [-0.05, 0) is 19.4 Å². The molecule has 0 unspecified atom stereocenters. The van der Waals surface area contributed by atoms with Gasteiger partial charge in [0.05, 0.1) is 6.57 Å². The van der Waals surface area contributed by atoms with Gasteiger partial charge in [0.2, 0.25) is 0 Å². The summed E-state index contributed by atoms with van der Waals surface area (Å²) in [6.07, 6.45) is 0. The van der Waals surface area contributed by atoms with Crippen LogP contribution in [-0.4, -0.2) is 9.67 Å². The molecule has 4 heteroatoms. The van der Waals surface area contributed by atoms with Gasteiger partial charge in [0.15, 0.2) is 5.88 Å². The van der Waals surface area contributed by atoms with Gasteiger partial charge in [0, 0.05) is 12.6 Å². The number of rotatable bonds is 0. The Hall–Kier alpha value is -1.76. The molecule has 1 aromatic rings. The minimum absolute atomic E-state index is 0.0742. The van der Waals surface area contributed by atoms with Crippen molar-refractivity contribution >= 4 is 5.69 Å². The van der Waals surface area contributed by atoms with E-state index in [2.05, 4.69) is 4.85 Å². The summed E-state index contributed by atoms with van der Waals surface area (Å²) in [6.45, 7) is 10.2. The van der Waals surface area contributed by atoms with Crippen LogP contribution in [0.3, 0.4) is 0 Å². The summed E-state index contributed by atoms with van der Waals surface area (Å²) in [5, 5.41) is 9.45. The lowest BCUT2D eigenvalue weighted by atomic mass is 10.1. The van der Waals surface area contributed by atoms with Gasteiger partial charge in [-0.15, -0.1) is 0 Å². The largest absolute Gasteiger partial charge is 0.494 e. The van der Waals surface area contributed by atoms with Crippen molar-refractivity contribution in [3.63, 3.8) is 0 Å². The van der Waals surface area contributed by atoms with Crippen molar-refractivity contribution < 1.29 is 5.11 Å². The standard InChI is InChI=1S/C9H10N2O2/c1-5-6(2)8(12)11(4)9(13)7(5)10-3/h12H,1-2,4H3.